The fraction of sp³-hybridized carbons (Fsp3) is 0.500. The van der Waals surface area contributed by atoms with Crippen LogP contribution in [0.4, 0.5) is 5.69 Å². The van der Waals surface area contributed by atoms with Crippen LogP contribution in [-0.2, 0) is 0 Å². The Labute approximate surface area is 96.4 Å². The van der Waals surface area contributed by atoms with Crippen molar-refractivity contribution in [1.29, 1.82) is 0 Å². The molecule has 1 aliphatic heterocycles. The molecule has 1 heterocycles. The van der Waals surface area contributed by atoms with Crippen LogP contribution in [0.15, 0.2) is 29.2 Å². The number of hydrogen-bond donors (Lipinski definition) is 0. The summed E-state index contributed by atoms with van der Waals surface area (Å²) in [6, 6.07) is 8.69. The molecule has 2 rings (SSSR count). The van der Waals surface area contributed by atoms with E-state index >= 15 is 0 Å². The van der Waals surface area contributed by atoms with Crippen molar-refractivity contribution >= 4 is 17.6 Å². The molecule has 0 saturated carbocycles. The third-order valence-electron chi connectivity index (χ3n) is 2.59. The summed E-state index contributed by atoms with van der Waals surface area (Å²) in [5, 5.41) is 0. The fourth-order valence-electron chi connectivity index (χ4n) is 1.95. The van der Waals surface area contributed by atoms with Crippen molar-refractivity contribution in [2.24, 2.45) is 0 Å². The number of para-hydroxylation sites is 1. The molecule has 2 nitrogen and oxygen atoms in total. The summed E-state index contributed by atoms with van der Waals surface area (Å²) in [6.07, 6.45) is 2.67. The summed E-state index contributed by atoms with van der Waals surface area (Å²) in [4.78, 5) is 3.86. The van der Waals surface area contributed by atoms with E-state index in [9.17, 15) is 0 Å². The van der Waals surface area contributed by atoms with Crippen LogP contribution in [0.3, 0.4) is 0 Å². The van der Waals surface area contributed by atoms with Gasteiger partial charge in [-0.3, -0.25) is 4.31 Å². The highest BCUT2D eigenvalue weighted by atomic mass is 32.2. The number of nitrogens with zero attached hydrogens (tertiary/aromatic N) is 2. The molecule has 15 heavy (non-hydrogen) atoms. The average molecular weight is 222 g/mol. The highest BCUT2D eigenvalue weighted by molar-refractivity contribution is 7.97. The largest absolute Gasteiger partial charge is 0.371 e. The van der Waals surface area contributed by atoms with Gasteiger partial charge in [0.05, 0.1) is 5.69 Å². The molecule has 1 saturated heterocycles. The molecule has 1 aliphatic rings. The van der Waals surface area contributed by atoms with Crippen LogP contribution < -0.4 is 4.90 Å². The number of hydrogen-bond acceptors (Lipinski definition) is 3. The molecule has 82 valence electrons. The summed E-state index contributed by atoms with van der Waals surface area (Å²) in [5.74, 6) is 0. The lowest BCUT2D eigenvalue weighted by Crippen LogP contribution is -2.18. The van der Waals surface area contributed by atoms with Crippen LogP contribution in [0, 0.1) is 0 Å². The smallest absolute Gasteiger partial charge is 0.0517 e. The van der Waals surface area contributed by atoms with Gasteiger partial charge in [-0.05, 0) is 51.0 Å². The van der Waals surface area contributed by atoms with Crippen molar-refractivity contribution in [1.82, 2.24) is 4.31 Å². The van der Waals surface area contributed by atoms with E-state index in [1.54, 1.807) is 11.9 Å². The minimum Gasteiger partial charge on any atom is -0.371 e. The van der Waals surface area contributed by atoms with Gasteiger partial charge in [0.25, 0.3) is 0 Å². The molecular weight excluding hydrogens is 204 g/mol. The zero-order valence-corrected chi connectivity index (χ0v) is 10.3. The summed E-state index contributed by atoms with van der Waals surface area (Å²) in [6.45, 7) is 2.43. The van der Waals surface area contributed by atoms with Gasteiger partial charge in [-0.1, -0.05) is 12.1 Å². The first-order valence-electron chi connectivity index (χ1n) is 5.46. The van der Waals surface area contributed by atoms with E-state index in [0.717, 1.165) is 0 Å². The van der Waals surface area contributed by atoms with Gasteiger partial charge >= 0.3 is 0 Å². The SMILES string of the molecule is CN(C)Sc1ccccc1N1CCCC1. The molecule has 1 fully saturated rings. The Bertz CT molecular complexity index is 319. The van der Waals surface area contributed by atoms with Gasteiger partial charge in [-0.15, -0.1) is 0 Å². The maximum atomic E-state index is 2.49. The third-order valence-corrected chi connectivity index (χ3v) is 3.50. The van der Waals surface area contributed by atoms with E-state index in [0.29, 0.717) is 0 Å². The molecule has 0 bridgehead atoms. The molecule has 0 amide bonds. The second-order valence-corrected chi connectivity index (χ2v) is 5.42. The van der Waals surface area contributed by atoms with E-state index in [2.05, 4.69) is 47.6 Å². The van der Waals surface area contributed by atoms with E-state index in [-0.39, 0.29) is 0 Å². The van der Waals surface area contributed by atoms with Gasteiger partial charge in [0.1, 0.15) is 0 Å². The molecule has 1 aromatic carbocycles. The van der Waals surface area contributed by atoms with Crippen molar-refractivity contribution in [2.75, 3.05) is 32.1 Å². The Morgan fingerprint density at radius 2 is 1.80 bits per heavy atom. The topological polar surface area (TPSA) is 6.48 Å². The van der Waals surface area contributed by atoms with Gasteiger partial charge in [-0.2, -0.15) is 0 Å². The zero-order chi connectivity index (χ0) is 10.7. The fourth-order valence-corrected chi connectivity index (χ4v) is 2.77. The number of rotatable bonds is 3. The molecule has 0 aromatic heterocycles. The van der Waals surface area contributed by atoms with E-state index in [4.69, 9.17) is 0 Å². The predicted molar refractivity (Wildman–Crippen MR) is 67.4 cm³/mol. The van der Waals surface area contributed by atoms with Crippen molar-refractivity contribution in [3.05, 3.63) is 24.3 Å². The molecule has 1 aromatic rings. The van der Waals surface area contributed by atoms with Crippen molar-refractivity contribution < 1.29 is 0 Å². The average Bonchev–Trinajstić information content (AvgIpc) is 2.70. The first-order chi connectivity index (χ1) is 7.27. The van der Waals surface area contributed by atoms with Crippen LogP contribution in [0.1, 0.15) is 12.8 Å². The standard InChI is InChI=1S/C12H18N2S/c1-13(2)15-12-8-4-3-7-11(12)14-9-5-6-10-14/h3-4,7-8H,5-6,9-10H2,1-2H3. The maximum absolute atomic E-state index is 2.49. The zero-order valence-electron chi connectivity index (χ0n) is 9.44. The van der Waals surface area contributed by atoms with Gasteiger partial charge in [0, 0.05) is 18.0 Å². The monoisotopic (exact) mass is 222 g/mol. The second-order valence-electron chi connectivity index (χ2n) is 4.07. The highest BCUT2D eigenvalue weighted by Gasteiger charge is 2.15. The number of anilines is 1. The molecule has 0 aliphatic carbocycles. The Kier molecular flexibility index (Phi) is 3.54. The summed E-state index contributed by atoms with van der Waals surface area (Å²) < 4.78 is 2.15. The van der Waals surface area contributed by atoms with Crippen molar-refractivity contribution in [3.63, 3.8) is 0 Å². The van der Waals surface area contributed by atoms with Crippen molar-refractivity contribution in [2.45, 2.75) is 17.7 Å². The first kappa shape index (κ1) is 10.8. The second kappa shape index (κ2) is 4.90. The Hall–Kier alpha value is -0.670. The first-order valence-corrected chi connectivity index (χ1v) is 6.24. The minimum atomic E-state index is 1.21. The molecule has 0 N–H and O–H groups in total. The van der Waals surface area contributed by atoms with E-state index in [1.165, 1.54) is 36.5 Å². The molecule has 0 radical (unpaired) electrons. The van der Waals surface area contributed by atoms with Gasteiger partial charge in [0.2, 0.25) is 0 Å². The molecule has 3 heteroatoms. The normalized spacial score (nSPS) is 16.3. The van der Waals surface area contributed by atoms with Crippen LogP contribution in [-0.4, -0.2) is 31.5 Å². The highest BCUT2D eigenvalue weighted by Crippen LogP contribution is 2.32. The summed E-state index contributed by atoms with van der Waals surface area (Å²) >= 11 is 1.80. The lowest BCUT2D eigenvalue weighted by atomic mass is 10.3. The Morgan fingerprint density at radius 1 is 1.13 bits per heavy atom. The van der Waals surface area contributed by atoms with Gasteiger partial charge < -0.3 is 4.90 Å². The van der Waals surface area contributed by atoms with Crippen LogP contribution >= 0.6 is 11.9 Å². The maximum Gasteiger partial charge on any atom is 0.0517 e. The quantitative estimate of drug-likeness (QED) is 0.726. The predicted octanol–water partition coefficient (Wildman–Crippen LogP) is 2.86. The molecular formula is C12H18N2S. The van der Waals surface area contributed by atoms with Gasteiger partial charge in [-0.25, -0.2) is 0 Å². The van der Waals surface area contributed by atoms with Crippen LogP contribution in [0.5, 0.6) is 0 Å². The van der Waals surface area contributed by atoms with Crippen LogP contribution in [0.2, 0.25) is 0 Å². The minimum absolute atomic E-state index is 1.21. The lowest BCUT2D eigenvalue weighted by molar-refractivity contribution is 0.702. The molecule has 0 atom stereocenters. The third kappa shape index (κ3) is 2.67. The molecule has 0 unspecified atom stereocenters. The van der Waals surface area contributed by atoms with E-state index < -0.39 is 0 Å². The Balaban J connectivity index is 2.20. The molecule has 0 spiro atoms. The van der Waals surface area contributed by atoms with Gasteiger partial charge in [0.15, 0.2) is 0 Å². The summed E-state index contributed by atoms with van der Waals surface area (Å²) in [7, 11) is 4.18. The Morgan fingerprint density at radius 3 is 2.47 bits per heavy atom. The number of benzene rings is 1. The van der Waals surface area contributed by atoms with Crippen LogP contribution in [0.25, 0.3) is 0 Å². The summed E-state index contributed by atoms with van der Waals surface area (Å²) in [5.41, 5.74) is 1.40. The van der Waals surface area contributed by atoms with Crippen molar-refractivity contribution in [3.8, 4) is 0 Å². The lowest BCUT2D eigenvalue weighted by Gasteiger charge is -2.22. The van der Waals surface area contributed by atoms with E-state index in [1.807, 2.05) is 0 Å².